The lowest BCUT2D eigenvalue weighted by Gasteiger charge is -2.53. The first-order valence-corrected chi connectivity index (χ1v) is 6.96. The van der Waals surface area contributed by atoms with E-state index >= 15 is 0 Å². The number of piperazine rings is 1. The Morgan fingerprint density at radius 2 is 1.94 bits per heavy atom. The first-order valence-electron chi connectivity index (χ1n) is 6.96. The van der Waals surface area contributed by atoms with Crippen molar-refractivity contribution in [2.75, 3.05) is 32.8 Å². The molecule has 2 aliphatic heterocycles. The third-order valence-corrected chi connectivity index (χ3v) is 4.71. The summed E-state index contributed by atoms with van der Waals surface area (Å²) < 4.78 is 5.62. The molecule has 1 aliphatic carbocycles. The number of nitrogens with one attached hydrogen (secondary N) is 1. The van der Waals surface area contributed by atoms with Gasteiger partial charge in [-0.15, -0.1) is 0 Å². The van der Waals surface area contributed by atoms with Crippen LogP contribution in [-0.4, -0.2) is 49.3 Å². The molecule has 1 N–H and O–H groups in total. The largest absolute Gasteiger partial charge is 0.378 e. The molecule has 0 radical (unpaired) electrons. The van der Waals surface area contributed by atoms with Crippen molar-refractivity contribution >= 4 is 0 Å². The number of morpholine rings is 1. The second-order valence-electron chi connectivity index (χ2n) is 5.69. The van der Waals surface area contributed by atoms with Crippen molar-refractivity contribution in [2.45, 2.75) is 50.1 Å². The lowest BCUT2D eigenvalue weighted by atomic mass is 9.84. The summed E-state index contributed by atoms with van der Waals surface area (Å²) in [5, 5.41) is 3.65. The minimum absolute atomic E-state index is 0.475. The molecule has 0 aromatic carbocycles. The van der Waals surface area contributed by atoms with Gasteiger partial charge in [0.25, 0.3) is 0 Å². The van der Waals surface area contributed by atoms with Crippen molar-refractivity contribution in [3.8, 4) is 0 Å². The van der Waals surface area contributed by atoms with Crippen LogP contribution >= 0.6 is 0 Å². The fourth-order valence-electron chi connectivity index (χ4n) is 3.87. The Bertz CT molecular complexity index is 234. The van der Waals surface area contributed by atoms with Gasteiger partial charge in [-0.3, -0.25) is 4.90 Å². The van der Waals surface area contributed by atoms with Crippen LogP contribution in [0.25, 0.3) is 0 Å². The molecular formula is C13H24N2O. The van der Waals surface area contributed by atoms with E-state index in [2.05, 4.69) is 10.2 Å². The zero-order valence-corrected chi connectivity index (χ0v) is 10.2. The monoisotopic (exact) mass is 224 g/mol. The zero-order valence-electron chi connectivity index (χ0n) is 10.2. The summed E-state index contributed by atoms with van der Waals surface area (Å²) in [6.07, 6.45) is 8.53. The van der Waals surface area contributed by atoms with Gasteiger partial charge in [0.1, 0.15) is 0 Å². The number of rotatable bonds is 0. The third-order valence-electron chi connectivity index (χ3n) is 4.71. The highest BCUT2D eigenvalue weighted by atomic mass is 16.5. The summed E-state index contributed by atoms with van der Waals surface area (Å²) in [5.41, 5.74) is 0.475. The fourth-order valence-corrected chi connectivity index (χ4v) is 3.87. The van der Waals surface area contributed by atoms with Crippen molar-refractivity contribution in [2.24, 2.45) is 0 Å². The van der Waals surface area contributed by atoms with E-state index in [-0.39, 0.29) is 0 Å². The predicted octanol–water partition coefficient (Wildman–Crippen LogP) is 1.38. The number of ether oxygens (including phenoxy) is 1. The number of nitrogens with zero attached hydrogens (tertiary/aromatic N) is 1. The summed E-state index contributed by atoms with van der Waals surface area (Å²) >= 11 is 0. The van der Waals surface area contributed by atoms with E-state index in [0.29, 0.717) is 11.6 Å². The molecule has 1 spiro atoms. The molecule has 1 saturated carbocycles. The summed E-state index contributed by atoms with van der Waals surface area (Å²) in [6.45, 7) is 5.38. The van der Waals surface area contributed by atoms with E-state index in [0.717, 1.165) is 26.3 Å². The van der Waals surface area contributed by atoms with Crippen LogP contribution in [0.4, 0.5) is 0 Å². The van der Waals surface area contributed by atoms with Crippen molar-refractivity contribution < 1.29 is 4.74 Å². The van der Waals surface area contributed by atoms with Gasteiger partial charge >= 0.3 is 0 Å². The van der Waals surface area contributed by atoms with Crippen LogP contribution < -0.4 is 5.32 Å². The number of hydrogen-bond donors (Lipinski definition) is 1. The molecule has 0 bridgehead atoms. The molecule has 1 unspecified atom stereocenters. The highest BCUT2D eigenvalue weighted by Crippen LogP contribution is 2.36. The molecule has 0 aromatic heterocycles. The molecule has 3 heteroatoms. The molecule has 0 aromatic rings. The topological polar surface area (TPSA) is 24.5 Å². The first kappa shape index (κ1) is 11.0. The van der Waals surface area contributed by atoms with Crippen molar-refractivity contribution in [3.63, 3.8) is 0 Å². The molecular weight excluding hydrogens is 200 g/mol. The van der Waals surface area contributed by atoms with Crippen molar-refractivity contribution in [1.29, 1.82) is 0 Å². The van der Waals surface area contributed by atoms with E-state index in [1.165, 1.54) is 45.1 Å². The molecule has 3 fully saturated rings. The molecule has 92 valence electrons. The van der Waals surface area contributed by atoms with E-state index in [1.54, 1.807) is 0 Å². The summed E-state index contributed by atoms with van der Waals surface area (Å²) in [5.74, 6) is 0. The van der Waals surface area contributed by atoms with E-state index in [4.69, 9.17) is 4.74 Å². The lowest BCUT2D eigenvalue weighted by molar-refractivity contribution is -0.0867. The van der Waals surface area contributed by atoms with Crippen LogP contribution in [0.15, 0.2) is 0 Å². The summed E-state index contributed by atoms with van der Waals surface area (Å²) in [4.78, 5) is 2.79. The van der Waals surface area contributed by atoms with Crippen molar-refractivity contribution in [1.82, 2.24) is 10.2 Å². The van der Waals surface area contributed by atoms with E-state index in [9.17, 15) is 0 Å². The zero-order chi connectivity index (χ0) is 10.8. The van der Waals surface area contributed by atoms with Crippen LogP contribution in [0.2, 0.25) is 0 Å². The Balaban J connectivity index is 1.79. The van der Waals surface area contributed by atoms with Gasteiger partial charge in [-0.1, -0.05) is 25.7 Å². The van der Waals surface area contributed by atoms with Crippen LogP contribution in [0.3, 0.4) is 0 Å². The van der Waals surface area contributed by atoms with Crippen LogP contribution in [-0.2, 0) is 4.74 Å². The van der Waals surface area contributed by atoms with E-state index in [1.807, 2.05) is 0 Å². The van der Waals surface area contributed by atoms with Gasteiger partial charge in [0.2, 0.25) is 0 Å². The molecule has 3 aliphatic rings. The Morgan fingerprint density at radius 1 is 1.12 bits per heavy atom. The SMILES string of the molecule is C1CCCC2(CC1)CNCC1COCCN12. The number of fused-ring (bicyclic) bond motifs is 2. The molecule has 3 rings (SSSR count). The molecule has 2 heterocycles. The Morgan fingerprint density at radius 3 is 2.75 bits per heavy atom. The van der Waals surface area contributed by atoms with Crippen LogP contribution in [0.5, 0.6) is 0 Å². The summed E-state index contributed by atoms with van der Waals surface area (Å²) in [7, 11) is 0. The molecule has 16 heavy (non-hydrogen) atoms. The van der Waals surface area contributed by atoms with Gasteiger partial charge in [0, 0.05) is 31.2 Å². The smallest absolute Gasteiger partial charge is 0.0635 e. The van der Waals surface area contributed by atoms with Crippen LogP contribution in [0, 0.1) is 0 Å². The maximum atomic E-state index is 5.62. The van der Waals surface area contributed by atoms with E-state index < -0.39 is 0 Å². The van der Waals surface area contributed by atoms with Gasteiger partial charge in [-0.2, -0.15) is 0 Å². The first-order chi connectivity index (χ1) is 7.91. The normalized spacial score (nSPS) is 35.6. The van der Waals surface area contributed by atoms with Crippen molar-refractivity contribution in [3.05, 3.63) is 0 Å². The lowest BCUT2D eigenvalue weighted by Crippen LogP contribution is -2.68. The van der Waals surface area contributed by atoms with Gasteiger partial charge in [0.05, 0.1) is 13.2 Å². The third kappa shape index (κ3) is 1.89. The fraction of sp³-hybridized carbons (Fsp3) is 1.00. The average Bonchev–Trinajstić information content (AvgIpc) is 2.57. The molecule has 2 saturated heterocycles. The van der Waals surface area contributed by atoms with Gasteiger partial charge in [-0.05, 0) is 12.8 Å². The maximum Gasteiger partial charge on any atom is 0.0635 e. The highest BCUT2D eigenvalue weighted by molar-refractivity contribution is 5.01. The Hall–Kier alpha value is -0.120. The molecule has 1 atom stereocenters. The quantitative estimate of drug-likeness (QED) is 0.673. The predicted molar refractivity (Wildman–Crippen MR) is 64.6 cm³/mol. The summed E-state index contributed by atoms with van der Waals surface area (Å²) in [6, 6.07) is 0.639. The number of hydrogen-bond acceptors (Lipinski definition) is 3. The standard InChI is InChI=1S/C13H24N2O/c1-2-4-6-13(5-3-1)11-14-9-12-10-16-8-7-15(12)13/h12,14H,1-11H2. The second kappa shape index (κ2) is 4.63. The minimum Gasteiger partial charge on any atom is -0.378 e. The maximum absolute atomic E-state index is 5.62. The van der Waals surface area contributed by atoms with Crippen LogP contribution in [0.1, 0.15) is 38.5 Å². The Labute approximate surface area is 98.5 Å². The van der Waals surface area contributed by atoms with Gasteiger partial charge in [0.15, 0.2) is 0 Å². The average molecular weight is 224 g/mol. The minimum atomic E-state index is 0.475. The Kier molecular flexibility index (Phi) is 3.18. The molecule has 0 amide bonds. The highest BCUT2D eigenvalue weighted by Gasteiger charge is 2.44. The molecule has 3 nitrogen and oxygen atoms in total. The second-order valence-corrected chi connectivity index (χ2v) is 5.69. The van der Waals surface area contributed by atoms with Gasteiger partial charge < -0.3 is 10.1 Å². The van der Waals surface area contributed by atoms with Gasteiger partial charge in [-0.25, -0.2) is 0 Å².